The van der Waals surface area contributed by atoms with E-state index >= 15 is 0 Å². The Morgan fingerprint density at radius 1 is 1.25 bits per heavy atom. The standard InChI is InChI=1S/C14H17NO/c1-2-11-15-12-7-9-14(10-8-12)16-13-5-3-4-6-13/h1,7-10,13,15H,3-6,11H2. The van der Waals surface area contributed by atoms with Crippen LogP contribution >= 0.6 is 0 Å². The lowest BCUT2D eigenvalue weighted by Crippen LogP contribution is -2.10. The third kappa shape index (κ3) is 2.93. The van der Waals surface area contributed by atoms with Gasteiger partial charge in [-0.2, -0.15) is 0 Å². The van der Waals surface area contributed by atoms with E-state index in [1.54, 1.807) is 0 Å². The molecular weight excluding hydrogens is 198 g/mol. The van der Waals surface area contributed by atoms with E-state index in [1.807, 2.05) is 24.3 Å². The molecule has 0 heterocycles. The number of nitrogens with one attached hydrogen (secondary N) is 1. The Kier molecular flexibility index (Phi) is 3.71. The summed E-state index contributed by atoms with van der Waals surface area (Å²) in [5.41, 5.74) is 1.04. The average molecular weight is 215 g/mol. The molecule has 0 aliphatic heterocycles. The molecule has 0 radical (unpaired) electrons. The van der Waals surface area contributed by atoms with E-state index in [-0.39, 0.29) is 0 Å². The van der Waals surface area contributed by atoms with Gasteiger partial charge in [0.1, 0.15) is 5.75 Å². The second-order valence-electron chi connectivity index (χ2n) is 4.11. The van der Waals surface area contributed by atoms with Gasteiger partial charge in [0.05, 0.1) is 12.6 Å². The summed E-state index contributed by atoms with van der Waals surface area (Å²) in [7, 11) is 0. The van der Waals surface area contributed by atoms with Crippen molar-refractivity contribution in [3.05, 3.63) is 24.3 Å². The minimum atomic E-state index is 0.421. The zero-order chi connectivity index (χ0) is 11.2. The maximum Gasteiger partial charge on any atom is 0.119 e. The molecule has 2 rings (SSSR count). The Morgan fingerprint density at radius 3 is 2.56 bits per heavy atom. The van der Waals surface area contributed by atoms with Crippen molar-refractivity contribution in [2.24, 2.45) is 0 Å². The molecule has 1 aliphatic rings. The lowest BCUT2D eigenvalue weighted by atomic mass is 10.2. The van der Waals surface area contributed by atoms with Gasteiger partial charge in [0.2, 0.25) is 0 Å². The third-order valence-electron chi connectivity index (χ3n) is 2.85. The predicted octanol–water partition coefficient (Wildman–Crippen LogP) is 3.05. The van der Waals surface area contributed by atoms with Crippen LogP contribution in [-0.4, -0.2) is 12.6 Å². The van der Waals surface area contributed by atoms with Crippen molar-refractivity contribution >= 4 is 5.69 Å². The molecule has 2 heteroatoms. The van der Waals surface area contributed by atoms with Crippen molar-refractivity contribution in [1.29, 1.82) is 0 Å². The first kappa shape index (κ1) is 10.9. The molecule has 0 amide bonds. The molecule has 1 aromatic carbocycles. The third-order valence-corrected chi connectivity index (χ3v) is 2.85. The van der Waals surface area contributed by atoms with Gasteiger partial charge < -0.3 is 10.1 Å². The second kappa shape index (κ2) is 5.46. The van der Waals surface area contributed by atoms with Crippen LogP contribution < -0.4 is 10.1 Å². The quantitative estimate of drug-likeness (QED) is 0.779. The highest BCUT2D eigenvalue weighted by Crippen LogP contribution is 2.24. The average Bonchev–Trinajstić information content (AvgIpc) is 2.81. The lowest BCUT2D eigenvalue weighted by Gasteiger charge is -2.13. The summed E-state index contributed by atoms with van der Waals surface area (Å²) in [5, 5.41) is 3.12. The van der Waals surface area contributed by atoms with Crippen LogP contribution in [-0.2, 0) is 0 Å². The fourth-order valence-corrected chi connectivity index (χ4v) is 2.00. The van der Waals surface area contributed by atoms with Gasteiger partial charge in [-0.05, 0) is 49.9 Å². The molecule has 84 valence electrons. The second-order valence-corrected chi connectivity index (χ2v) is 4.11. The fraction of sp³-hybridized carbons (Fsp3) is 0.429. The molecule has 1 aromatic rings. The summed E-state index contributed by atoms with van der Waals surface area (Å²) in [6, 6.07) is 8.00. The Balaban J connectivity index is 1.88. The minimum Gasteiger partial charge on any atom is -0.490 e. The van der Waals surface area contributed by atoms with E-state index in [1.165, 1.54) is 25.7 Å². The number of hydrogen-bond acceptors (Lipinski definition) is 2. The summed E-state index contributed by atoms with van der Waals surface area (Å²) in [4.78, 5) is 0. The number of benzene rings is 1. The van der Waals surface area contributed by atoms with Gasteiger partial charge in [0.25, 0.3) is 0 Å². The Hall–Kier alpha value is -1.62. The molecule has 1 aliphatic carbocycles. The lowest BCUT2D eigenvalue weighted by molar-refractivity contribution is 0.210. The number of terminal acetylenes is 1. The molecule has 1 fully saturated rings. The summed E-state index contributed by atoms with van der Waals surface area (Å²) in [6.45, 7) is 0.558. The smallest absolute Gasteiger partial charge is 0.119 e. The van der Waals surface area contributed by atoms with Crippen LogP contribution in [0.4, 0.5) is 5.69 Å². The number of anilines is 1. The molecule has 0 unspecified atom stereocenters. The van der Waals surface area contributed by atoms with Gasteiger partial charge >= 0.3 is 0 Å². The van der Waals surface area contributed by atoms with Crippen LogP contribution in [0.1, 0.15) is 25.7 Å². The van der Waals surface area contributed by atoms with E-state index in [0.29, 0.717) is 12.6 Å². The van der Waals surface area contributed by atoms with Crippen molar-refractivity contribution in [2.75, 3.05) is 11.9 Å². The van der Waals surface area contributed by atoms with Crippen LogP contribution in [0.25, 0.3) is 0 Å². The van der Waals surface area contributed by atoms with Gasteiger partial charge in [-0.1, -0.05) is 5.92 Å². The normalized spacial score (nSPS) is 15.7. The van der Waals surface area contributed by atoms with Gasteiger partial charge in [-0.25, -0.2) is 0 Å². The SMILES string of the molecule is C#CCNc1ccc(OC2CCCC2)cc1. The minimum absolute atomic E-state index is 0.421. The van der Waals surface area contributed by atoms with Crippen LogP contribution in [0.5, 0.6) is 5.75 Å². The number of hydrogen-bond donors (Lipinski definition) is 1. The van der Waals surface area contributed by atoms with Gasteiger partial charge in [0.15, 0.2) is 0 Å². The molecule has 0 aromatic heterocycles. The molecule has 2 nitrogen and oxygen atoms in total. The van der Waals surface area contributed by atoms with Crippen molar-refractivity contribution in [2.45, 2.75) is 31.8 Å². The molecule has 0 atom stereocenters. The Bertz CT molecular complexity index is 357. The Labute approximate surface area is 97.0 Å². The fourth-order valence-electron chi connectivity index (χ4n) is 2.00. The Morgan fingerprint density at radius 2 is 1.94 bits per heavy atom. The zero-order valence-corrected chi connectivity index (χ0v) is 9.41. The van der Waals surface area contributed by atoms with Gasteiger partial charge in [-0.15, -0.1) is 6.42 Å². The molecule has 1 saturated carbocycles. The molecule has 0 bridgehead atoms. The van der Waals surface area contributed by atoms with E-state index in [4.69, 9.17) is 11.2 Å². The largest absolute Gasteiger partial charge is 0.490 e. The van der Waals surface area contributed by atoms with Crippen molar-refractivity contribution in [3.8, 4) is 18.1 Å². The molecular formula is C14H17NO. The number of rotatable bonds is 4. The molecule has 0 spiro atoms. The maximum atomic E-state index is 5.87. The van der Waals surface area contributed by atoms with Crippen LogP contribution in [0.15, 0.2) is 24.3 Å². The van der Waals surface area contributed by atoms with Crippen LogP contribution in [0.3, 0.4) is 0 Å². The summed E-state index contributed by atoms with van der Waals surface area (Å²) < 4.78 is 5.87. The van der Waals surface area contributed by atoms with Crippen molar-refractivity contribution < 1.29 is 4.74 Å². The van der Waals surface area contributed by atoms with E-state index in [0.717, 1.165) is 11.4 Å². The summed E-state index contributed by atoms with van der Waals surface area (Å²) in [6.07, 6.45) is 10.6. The highest BCUT2D eigenvalue weighted by Gasteiger charge is 2.16. The first-order valence-corrected chi connectivity index (χ1v) is 5.82. The highest BCUT2D eigenvalue weighted by molar-refractivity contribution is 5.47. The van der Waals surface area contributed by atoms with Gasteiger partial charge in [-0.3, -0.25) is 0 Å². The predicted molar refractivity (Wildman–Crippen MR) is 66.6 cm³/mol. The topological polar surface area (TPSA) is 21.3 Å². The van der Waals surface area contributed by atoms with Crippen LogP contribution in [0, 0.1) is 12.3 Å². The first-order chi connectivity index (χ1) is 7.88. The van der Waals surface area contributed by atoms with Crippen LogP contribution in [0.2, 0.25) is 0 Å². The molecule has 1 N–H and O–H groups in total. The number of ether oxygens (including phenoxy) is 1. The van der Waals surface area contributed by atoms with Gasteiger partial charge in [0, 0.05) is 5.69 Å². The molecule has 0 saturated heterocycles. The van der Waals surface area contributed by atoms with E-state index in [2.05, 4.69) is 11.2 Å². The highest BCUT2D eigenvalue weighted by atomic mass is 16.5. The van der Waals surface area contributed by atoms with E-state index in [9.17, 15) is 0 Å². The van der Waals surface area contributed by atoms with E-state index < -0.39 is 0 Å². The molecule has 16 heavy (non-hydrogen) atoms. The summed E-state index contributed by atoms with van der Waals surface area (Å²) in [5.74, 6) is 3.50. The maximum absolute atomic E-state index is 5.87. The van der Waals surface area contributed by atoms with Crippen molar-refractivity contribution in [3.63, 3.8) is 0 Å². The van der Waals surface area contributed by atoms with Crippen molar-refractivity contribution in [1.82, 2.24) is 0 Å². The first-order valence-electron chi connectivity index (χ1n) is 5.82. The monoisotopic (exact) mass is 215 g/mol. The summed E-state index contributed by atoms with van der Waals surface area (Å²) >= 11 is 0. The zero-order valence-electron chi connectivity index (χ0n) is 9.41.